The molecule has 1 aliphatic carbocycles. The molecule has 1 saturated carbocycles. The van der Waals surface area contributed by atoms with Crippen molar-refractivity contribution in [2.75, 3.05) is 7.11 Å². The van der Waals surface area contributed by atoms with Crippen molar-refractivity contribution < 1.29 is 9.53 Å². The van der Waals surface area contributed by atoms with Crippen molar-refractivity contribution in [3.63, 3.8) is 0 Å². The molecule has 0 amide bonds. The SMILES string of the molecule is COc1ccsc1C(=O)CCC1CCCC1. The van der Waals surface area contributed by atoms with Gasteiger partial charge >= 0.3 is 0 Å². The Bertz CT molecular complexity index is 351. The molecular weight excluding hydrogens is 220 g/mol. The predicted molar refractivity (Wildman–Crippen MR) is 66.4 cm³/mol. The van der Waals surface area contributed by atoms with Gasteiger partial charge in [0.05, 0.1) is 7.11 Å². The van der Waals surface area contributed by atoms with Crippen molar-refractivity contribution in [2.24, 2.45) is 5.92 Å². The molecule has 0 radical (unpaired) electrons. The summed E-state index contributed by atoms with van der Waals surface area (Å²) in [6.07, 6.45) is 7.06. The Balaban J connectivity index is 1.87. The van der Waals surface area contributed by atoms with Gasteiger partial charge in [-0.2, -0.15) is 0 Å². The molecule has 0 aromatic carbocycles. The second-order valence-corrected chi connectivity index (χ2v) is 5.35. The highest BCUT2D eigenvalue weighted by molar-refractivity contribution is 7.12. The highest BCUT2D eigenvalue weighted by atomic mass is 32.1. The smallest absolute Gasteiger partial charge is 0.176 e. The van der Waals surface area contributed by atoms with Crippen LogP contribution in [0.1, 0.15) is 48.2 Å². The van der Waals surface area contributed by atoms with E-state index in [-0.39, 0.29) is 5.78 Å². The molecule has 1 aliphatic rings. The highest BCUT2D eigenvalue weighted by Gasteiger charge is 2.19. The van der Waals surface area contributed by atoms with E-state index in [1.54, 1.807) is 7.11 Å². The summed E-state index contributed by atoms with van der Waals surface area (Å²) < 4.78 is 5.17. The number of rotatable bonds is 5. The number of methoxy groups -OCH3 is 1. The van der Waals surface area contributed by atoms with Crippen LogP contribution in [0.2, 0.25) is 0 Å². The van der Waals surface area contributed by atoms with Crippen LogP contribution >= 0.6 is 11.3 Å². The van der Waals surface area contributed by atoms with Gasteiger partial charge in [-0.3, -0.25) is 4.79 Å². The minimum Gasteiger partial charge on any atom is -0.495 e. The van der Waals surface area contributed by atoms with Crippen LogP contribution in [0.5, 0.6) is 5.75 Å². The van der Waals surface area contributed by atoms with Gasteiger partial charge in [-0.1, -0.05) is 25.7 Å². The normalized spacial score (nSPS) is 16.6. The summed E-state index contributed by atoms with van der Waals surface area (Å²) in [6.45, 7) is 0. The second kappa shape index (κ2) is 5.48. The number of hydrogen-bond donors (Lipinski definition) is 0. The third kappa shape index (κ3) is 2.64. The molecule has 3 heteroatoms. The first-order valence-electron chi connectivity index (χ1n) is 5.96. The number of hydrogen-bond acceptors (Lipinski definition) is 3. The first-order chi connectivity index (χ1) is 7.81. The van der Waals surface area contributed by atoms with Gasteiger partial charge in [0.25, 0.3) is 0 Å². The monoisotopic (exact) mass is 238 g/mol. The molecule has 0 aliphatic heterocycles. The van der Waals surface area contributed by atoms with Gasteiger partial charge in [-0.25, -0.2) is 0 Å². The molecule has 1 aromatic rings. The lowest BCUT2D eigenvalue weighted by Gasteiger charge is -2.07. The molecule has 1 fully saturated rings. The first-order valence-corrected chi connectivity index (χ1v) is 6.84. The van der Waals surface area contributed by atoms with Gasteiger partial charge < -0.3 is 4.74 Å². The van der Waals surface area contributed by atoms with Crippen LogP contribution < -0.4 is 4.74 Å². The Morgan fingerprint density at radius 2 is 2.25 bits per heavy atom. The summed E-state index contributed by atoms with van der Waals surface area (Å²) >= 11 is 1.49. The lowest BCUT2D eigenvalue weighted by Crippen LogP contribution is -2.02. The molecule has 0 spiro atoms. The van der Waals surface area contributed by atoms with E-state index in [0.29, 0.717) is 6.42 Å². The largest absolute Gasteiger partial charge is 0.495 e. The zero-order chi connectivity index (χ0) is 11.4. The average molecular weight is 238 g/mol. The molecule has 0 N–H and O–H groups in total. The van der Waals surface area contributed by atoms with Crippen LogP contribution in [0.4, 0.5) is 0 Å². The minimum absolute atomic E-state index is 0.249. The molecule has 16 heavy (non-hydrogen) atoms. The lowest BCUT2D eigenvalue weighted by atomic mass is 10.00. The number of ketones is 1. The summed E-state index contributed by atoms with van der Waals surface area (Å²) in [5.41, 5.74) is 0. The Kier molecular flexibility index (Phi) is 3.99. The van der Waals surface area contributed by atoms with E-state index in [1.165, 1.54) is 37.0 Å². The highest BCUT2D eigenvalue weighted by Crippen LogP contribution is 2.31. The molecule has 0 saturated heterocycles. The Morgan fingerprint density at radius 1 is 1.50 bits per heavy atom. The van der Waals surface area contributed by atoms with Crippen molar-refractivity contribution in [3.05, 3.63) is 16.3 Å². The number of Topliss-reactive ketones (excluding diaryl/α,β-unsaturated/α-hetero) is 1. The predicted octanol–water partition coefficient (Wildman–Crippen LogP) is 3.91. The summed E-state index contributed by atoms with van der Waals surface area (Å²) in [5, 5.41) is 1.92. The molecule has 2 rings (SSSR count). The topological polar surface area (TPSA) is 26.3 Å². The van der Waals surface area contributed by atoms with Crippen molar-refractivity contribution in [2.45, 2.75) is 38.5 Å². The van der Waals surface area contributed by atoms with Crippen molar-refractivity contribution in [1.82, 2.24) is 0 Å². The quantitative estimate of drug-likeness (QED) is 0.727. The molecule has 0 atom stereocenters. The number of thiophene rings is 1. The fraction of sp³-hybridized carbons (Fsp3) is 0.615. The van der Waals surface area contributed by atoms with Crippen LogP contribution in [-0.4, -0.2) is 12.9 Å². The summed E-state index contributed by atoms with van der Waals surface area (Å²) in [6, 6.07) is 1.87. The van der Waals surface area contributed by atoms with E-state index < -0.39 is 0 Å². The zero-order valence-corrected chi connectivity index (χ0v) is 10.5. The number of ether oxygens (including phenoxy) is 1. The Morgan fingerprint density at radius 3 is 2.94 bits per heavy atom. The zero-order valence-electron chi connectivity index (χ0n) is 9.70. The standard InChI is InChI=1S/C13H18O2S/c1-15-12-8-9-16-13(12)11(14)7-6-10-4-2-3-5-10/h8-10H,2-7H2,1H3. The Labute approximate surface area is 101 Å². The van der Waals surface area contributed by atoms with E-state index >= 15 is 0 Å². The fourth-order valence-corrected chi connectivity index (χ4v) is 3.24. The van der Waals surface area contributed by atoms with Crippen LogP contribution in [-0.2, 0) is 0 Å². The molecular formula is C13H18O2S. The molecule has 0 unspecified atom stereocenters. The van der Waals surface area contributed by atoms with Crippen molar-refractivity contribution >= 4 is 17.1 Å². The average Bonchev–Trinajstić information content (AvgIpc) is 2.96. The molecule has 88 valence electrons. The third-order valence-electron chi connectivity index (χ3n) is 3.36. The van der Waals surface area contributed by atoms with E-state index in [0.717, 1.165) is 23.0 Å². The maximum Gasteiger partial charge on any atom is 0.176 e. The molecule has 1 heterocycles. The van der Waals surface area contributed by atoms with Gasteiger partial charge in [-0.05, 0) is 23.8 Å². The van der Waals surface area contributed by atoms with Crippen molar-refractivity contribution in [3.8, 4) is 5.75 Å². The molecule has 2 nitrogen and oxygen atoms in total. The van der Waals surface area contributed by atoms with Gasteiger partial charge in [0.1, 0.15) is 10.6 Å². The van der Waals surface area contributed by atoms with Crippen molar-refractivity contribution in [1.29, 1.82) is 0 Å². The van der Waals surface area contributed by atoms with E-state index in [1.807, 2.05) is 11.4 Å². The maximum absolute atomic E-state index is 12.0. The van der Waals surface area contributed by atoms with Crippen LogP contribution in [0.3, 0.4) is 0 Å². The third-order valence-corrected chi connectivity index (χ3v) is 4.29. The first kappa shape index (κ1) is 11.6. The van der Waals surface area contributed by atoms with E-state index in [2.05, 4.69) is 0 Å². The number of carbonyl (C=O) groups excluding carboxylic acids is 1. The van der Waals surface area contributed by atoms with Gasteiger partial charge in [0.2, 0.25) is 0 Å². The summed E-state index contributed by atoms with van der Waals surface area (Å²) in [5.74, 6) is 1.77. The van der Waals surface area contributed by atoms with Crippen LogP contribution in [0.15, 0.2) is 11.4 Å². The fourth-order valence-electron chi connectivity index (χ4n) is 2.41. The summed E-state index contributed by atoms with van der Waals surface area (Å²) in [4.78, 5) is 12.8. The molecule has 0 bridgehead atoms. The van der Waals surface area contributed by atoms with Gasteiger partial charge in [0.15, 0.2) is 5.78 Å². The molecule has 1 aromatic heterocycles. The lowest BCUT2D eigenvalue weighted by molar-refractivity contribution is 0.0975. The minimum atomic E-state index is 0.249. The van der Waals surface area contributed by atoms with Gasteiger partial charge in [0, 0.05) is 6.42 Å². The van der Waals surface area contributed by atoms with Crippen LogP contribution in [0, 0.1) is 5.92 Å². The second-order valence-electron chi connectivity index (χ2n) is 4.43. The summed E-state index contributed by atoms with van der Waals surface area (Å²) in [7, 11) is 1.62. The van der Waals surface area contributed by atoms with E-state index in [4.69, 9.17) is 4.74 Å². The van der Waals surface area contributed by atoms with Crippen LogP contribution in [0.25, 0.3) is 0 Å². The number of carbonyl (C=O) groups is 1. The van der Waals surface area contributed by atoms with Gasteiger partial charge in [-0.15, -0.1) is 11.3 Å². The maximum atomic E-state index is 12.0. The van der Waals surface area contributed by atoms with E-state index in [9.17, 15) is 4.79 Å². The Hall–Kier alpha value is -0.830.